The fourth-order valence-electron chi connectivity index (χ4n) is 4.40. The SMILES string of the molecule is CO/N=C(/C(=O)N[C@@H]1C(=O)N2C(C(=O)Cl)=C(C[N+]3(C)CCCC3)CS[C@H]12)c1csc(N)n1. The predicted octanol–water partition coefficient (Wildman–Crippen LogP) is 0.736. The minimum Gasteiger partial charge on any atom is -0.398 e. The van der Waals surface area contributed by atoms with Crippen LogP contribution in [0.25, 0.3) is 0 Å². The molecule has 4 heterocycles. The number of halogens is 1. The summed E-state index contributed by atoms with van der Waals surface area (Å²) in [4.78, 5) is 48.3. The fraction of sp³-hybridized carbons (Fsp3) is 0.526. The van der Waals surface area contributed by atoms with Crippen LogP contribution in [-0.2, 0) is 19.2 Å². The number of anilines is 1. The highest BCUT2D eigenvalue weighted by atomic mass is 35.5. The summed E-state index contributed by atoms with van der Waals surface area (Å²) in [7, 11) is 3.47. The van der Waals surface area contributed by atoms with Crippen LogP contribution in [0.5, 0.6) is 0 Å². The minimum absolute atomic E-state index is 0.0798. The lowest BCUT2D eigenvalue weighted by molar-refractivity contribution is -0.893. The monoisotopic (exact) mass is 499 g/mol. The Kier molecular flexibility index (Phi) is 6.48. The van der Waals surface area contributed by atoms with Crippen LogP contribution in [0.4, 0.5) is 5.13 Å². The lowest BCUT2D eigenvalue weighted by Crippen LogP contribution is -2.71. The maximum Gasteiger partial charge on any atom is 0.276 e. The van der Waals surface area contributed by atoms with Crippen LogP contribution in [0.1, 0.15) is 18.5 Å². The summed E-state index contributed by atoms with van der Waals surface area (Å²) in [5, 5.41) is 7.24. The maximum atomic E-state index is 13.0. The molecule has 3 aliphatic rings. The Labute approximate surface area is 198 Å². The van der Waals surface area contributed by atoms with Gasteiger partial charge >= 0.3 is 0 Å². The molecule has 13 heteroatoms. The number of fused-ring (bicyclic) bond motifs is 1. The van der Waals surface area contributed by atoms with Crippen molar-refractivity contribution < 1.29 is 23.7 Å². The minimum atomic E-state index is -0.810. The van der Waals surface area contributed by atoms with E-state index in [0.29, 0.717) is 12.3 Å². The van der Waals surface area contributed by atoms with Crippen molar-refractivity contribution in [3.8, 4) is 0 Å². The van der Waals surface area contributed by atoms with Crippen molar-refractivity contribution in [1.29, 1.82) is 0 Å². The second-order valence-corrected chi connectivity index (χ2v) is 10.6. The molecule has 0 bridgehead atoms. The van der Waals surface area contributed by atoms with E-state index in [9.17, 15) is 14.4 Å². The fourth-order valence-corrected chi connectivity index (χ4v) is 6.51. The highest BCUT2D eigenvalue weighted by molar-refractivity contribution is 8.00. The van der Waals surface area contributed by atoms with E-state index < -0.39 is 22.6 Å². The number of oxime groups is 1. The first kappa shape index (κ1) is 23.0. The van der Waals surface area contributed by atoms with E-state index in [2.05, 4.69) is 22.5 Å². The maximum absolute atomic E-state index is 13.0. The molecule has 0 unspecified atom stereocenters. The molecule has 0 saturated carbocycles. The normalized spacial score (nSPS) is 24.8. The van der Waals surface area contributed by atoms with Crippen LogP contribution in [0.2, 0.25) is 0 Å². The number of carbonyl (C=O) groups excluding carboxylic acids is 3. The summed E-state index contributed by atoms with van der Waals surface area (Å²) in [5.74, 6) is -0.417. The molecule has 1 aromatic heterocycles. The van der Waals surface area contributed by atoms with Crippen molar-refractivity contribution in [2.24, 2.45) is 5.16 Å². The number of thioether (sulfide) groups is 1. The molecule has 3 aliphatic heterocycles. The highest BCUT2D eigenvalue weighted by Crippen LogP contribution is 2.41. The first-order chi connectivity index (χ1) is 15.2. The molecule has 2 fully saturated rings. The van der Waals surface area contributed by atoms with Gasteiger partial charge in [0.2, 0.25) is 0 Å². The number of nitrogens with two attached hydrogens (primary N) is 1. The summed E-state index contributed by atoms with van der Waals surface area (Å²) in [5.41, 5.74) is 6.97. The Balaban J connectivity index is 1.52. The zero-order valence-corrected chi connectivity index (χ0v) is 20.1. The van der Waals surface area contributed by atoms with E-state index in [1.165, 1.54) is 23.8 Å². The van der Waals surface area contributed by atoms with E-state index in [0.717, 1.165) is 47.3 Å². The number of hydrogen-bond acceptors (Lipinski definition) is 9. The molecular formula is C19H24ClN6O4S2+. The van der Waals surface area contributed by atoms with Gasteiger partial charge in [-0.25, -0.2) is 4.98 Å². The third-order valence-corrected chi connectivity index (χ3v) is 8.09. The first-order valence-electron chi connectivity index (χ1n) is 10.1. The van der Waals surface area contributed by atoms with Gasteiger partial charge in [-0.1, -0.05) is 5.16 Å². The Morgan fingerprint density at radius 1 is 1.44 bits per heavy atom. The largest absolute Gasteiger partial charge is 0.398 e. The second kappa shape index (κ2) is 9.00. The summed E-state index contributed by atoms with van der Waals surface area (Å²) in [6.45, 7) is 2.76. The van der Waals surface area contributed by atoms with Crippen LogP contribution >= 0.6 is 34.7 Å². The number of rotatable bonds is 7. The van der Waals surface area contributed by atoms with Gasteiger partial charge in [0, 0.05) is 29.5 Å². The van der Waals surface area contributed by atoms with Crippen molar-refractivity contribution in [2.45, 2.75) is 24.3 Å². The molecule has 2 amide bonds. The zero-order chi connectivity index (χ0) is 23.0. The molecule has 4 rings (SSSR count). The number of nitrogens with zero attached hydrogens (tertiary/aromatic N) is 4. The van der Waals surface area contributed by atoms with E-state index in [1.54, 1.807) is 5.38 Å². The van der Waals surface area contributed by atoms with E-state index in [1.807, 2.05) is 0 Å². The van der Waals surface area contributed by atoms with Crippen molar-refractivity contribution in [2.75, 3.05) is 45.3 Å². The summed E-state index contributed by atoms with van der Waals surface area (Å²) in [6, 6.07) is -0.810. The molecule has 0 aromatic carbocycles. The van der Waals surface area contributed by atoms with Crippen molar-refractivity contribution in [1.82, 2.24) is 15.2 Å². The standard InChI is InChI=1S/C19H23ClN6O4S2/c1-26(5-3-4-6-26)7-10-8-31-18-13(17(29)25(18)14(10)15(20)27)23-16(28)12(24-30-2)11-9-32-19(21)22-11/h9,13,18H,3-8H2,1-2H3,(H2-,21,22,23,28)/p+1/b24-12+/t13-,18-/m1/s1. The number of carbonyl (C=O) groups is 3. The van der Waals surface area contributed by atoms with Crippen molar-refractivity contribution in [3.63, 3.8) is 0 Å². The zero-order valence-electron chi connectivity index (χ0n) is 17.7. The van der Waals surface area contributed by atoms with Gasteiger partial charge < -0.3 is 20.4 Å². The molecular weight excluding hydrogens is 476 g/mol. The van der Waals surface area contributed by atoms with Gasteiger partial charge in [-0.2, -0.15) is 0 Å². The van der Waals surface area contributed by atoms with Crippen LogP contribution < -0.4 is 11.1 Å². The summed E-state index contributed by atoms with van der Waals surface area (Å²) >= 11 is 8.59. The number of allylic oxidation sites excluding steroid dienone is 1. The van der Waals surface area contributed by atoms with Gasteiger partial charge in [-0.3, -0.25) is 19.3 Å². The van der Waals surface area contributed by atoms with E-state index in [4.69, 9.17) is 22.2 Å². The molecule has 2 atom stereocenters. The number of amides is 2. The molecule has 32 heavy (non-hydrogen) atoms. The summed E-state index contributed by atoms with van der Waals surface area (Å²) < 4.78 is 0.837. The number of aromatic nitrogens is 1. The molecule has 10 nitrogen and oxygen atoms in total. The van der Waals surface area contributed by atoms with Crippen LogP contribution in [0.15, 0.2) is 21.8 Å². The van der Waals surface area contributed by atoms with Gasteiger partial charge in [-0.15, -0.1) is 23.1 Å². The molecule has 0 radical (unpaired) electrons. The van der Waals surface area contributed by atoms with Crippen molar-refractivity contribution >= 4 is 62.6 Å². The Hall–Kier alpha value is -2.15. The Bertz CT molecular complexity index is 1020. The molecule has 3 N–H and O–H groups in total. The average molecular weight is 500 g/mol. The molecule has 1 aromatic rings. The number of β-lactam (4-membered cyclic amide) rings is 1. The van der Waals surface area contributed by atoms with Gasteiger partial charge in [-0.05, 0) is 11.6 Å². The third kappa shape index (κ3) is 4.24. The molecule has 0 spiro atoms. The highest BCUT2D eigenvalue weighted by Gasteiger charge is 2.54. The number of hydrogen-bond donors (Lipinski definition) is 2. The molecule has 2 saturated heterocycles. The third-order valence-electron chi connectivity index (χ3n) is 5.90. The number of nitrogens with one attached hydrogen (secondary N) is 1. The van der Waals surface area contributed by atoms with Crippen LogP contribution in [-0.4, -0.2) is 88.1 Å². The Morgan fingerprint density at radius 3 is 2.75 bits per heavy atom. The number of likely N-dealkylation sites (tertiary alicyclic amines) is 1. The average Bonchev–Trinajstić information content (AvgIpc) is 3.37. The van der Waals surface area contributed by atoms with Crippen LogP contribution in [0, 0.1) is 0 Å². The number of likely N-dealkylation sites (N-methyl/N-ethyl adjacent to an activating group) is 1. The smallest absolute Gasteiger partial charge is 0.276 e. The van der Waals surface area contributed by atoms with Gasteiger partial charge in [0.05, 0.1) is 20.1 Å². The predicted molar refractivity (Wildman–Crippen MR) is 123 cm³/mol. The topological polar surface area (TPSA) is 127 Å². The lowest BCUT2D eigenvalue weighted by atomic mass is 10.0. The quantitative estimate of drug-likeness (QED) is 0.186. The number of quaternary nitrogens is 1. The lowest BCUT2D eigenvalue weighted by Gasteiger charge is -2.50. The molecule has 0 aliphatic carbocycles. The van der Waals surface area contributed by atoms with Gasteiger partial charge in [0.1, 0.15) is 36.5 Å². The van der Waals surface area contributed by atoms with Crippen LogP contribution in [0.3, 0.4) is 0 Å². The number of thiazole rings is 1. The summed E-state index contributed by atoms with van der Waals surface area (Å²) in [6.07, 6.45) is 2.30. The van der Waals surface area contributed by atoms with E-state index >= 15 is 0 Å². The first-order valence-corrected chi connectivity index (χ1v) is 12.4. The van der Waals surface area contributed by atoms with Gasteiger partial charge in [0.25, 0.3) is 17.1 Å². The number of nitrogen functional groups attached to an aromatic ring is 1. The molecule has 172 valence electrons. The Morgan fingerprint density at radius 2 is 2.16 bits per heavy atom. The van der Waals surface area contributed by atoms with Gasteiger partial charge in [0.15, 0.2) is 10.8 Å². The second-order valence-electron chi connectivity index (χ2n) is 8.21. The van der Waals surface area contributed by atoms with Crippen molar-refractivity contribution in [3.05, 3.63) is 22.3 Å². The van der Waals surface area contributed by atoms with E-state index in [-0.39, 0.29) is 28.1 Å².